The van der Waals surface area contributed by atoms with Gasteiger partial charge < -0.3 is 4.90 Å². The number of Topliss-reactive ketones (excluding diaryl/α,β-unsaturated/α-hetero) is 4. The van der Waals surface area contributed by atoms with E-state index in [0.29, 0.717) is 19.4 Å². The predicted octanol–water partition coefficient (Wildman–Crippen LogP) is 6.19. The molecule has 2 saturated carbocycles. The first-order valence-electron chi connectivity index (χ1n) is 18.0. The summed E-state index contributed by atoms with van der Waals surface area (Å²) >= 11 is 0. The van der Waals surface area contributed by atoms with Crippen LogP contribution < -0.4 is 0 Å². The van der Waals surface area contributed by atoms with Crippen LogP contribution in [0.15, 0.2) is 0 Å². The van der Waals surface area contributed by atoms with Crippen molar-refractivity contribution in [3.8, 4) is 24.7 Å². The molecule has 0 N–H and O–H groups in total. The highest BCUT2D eigenvalue weighted by atomic mass is 32.2. The quantitative estimate of drug-likeness (QED) is 0.139. The normalized spacial score (nSPS) is 24.1. The third-order valence-electron chi connectivity index (χ3n) is 11.7. The van der Waals surface area contributed by atoms with Crippen molar-refractivity contribution in [3.05, 3.63) is 0 Å². The Hall–Kier alpha value is -2.78. The van der Waals surface area contributed by atoms with Crippen LogP contribution in [0.1, 0.15) is 132 Å². The monoisotopic (exact) mass is 697 g/mol. The van der Waals surface area contributed by atoms with Crippen LogP contribution in [-0.2, 0) is 33.8 Å². The molecule has 1 aliphatic heterocycles. The Morgan fingerprint density at radius 3 is 2.02 bits per heavy atom. The second-order valence-corrected chi connectivity index (χ2v) is 20.5. The molecule has 0 aromatic carbocycles. The fourth-order valence-electron chi connectivity index (χ4n) is 8.34. The summed E-state index contributed by atoms with van der Waals surface area (Å²) in [6, 6.07) is -0.768. The molecule has 3 fully saturated rings. The van der Waals surface area contributed by atoms with Crippen molar-refractivity contribution in [2.24, 2.45) is 39.9 Å². The molecule has 5 atom stereocenters. The van der Waals surface area contributed by atoms with Crippen molar-refractivity contribution in [1.29, 1.82) is 0 Å². The molecule has 3 aliphatic rings. The molecule has 0 bridgehead atoms. The maximum atomic E-state index is 14.5. The van der Waals surface area contributed by atoms with Crippen LogP contribution in [0.2, 0.25) is 0 Å². The summed E-state index contributed by atoms with van der Waals surface area (Å²) in [5, 5.41) is 0. The van der Waals surface area contributed by atoms with Crippen LogP contribution in [0.4, 0.5) is 0 Å². The second-order valence-electron chi connectivity index (χ2n) is 17.8. The zero-order valence-electron chi connectivity index (χ0n) is 31.2. The SMILES string of the molecule is C#CCCC(=O)C(=O)C(CCC#C)CC(=O)[C@@H]1[C@@H]2C(CN1C(=O)[C@@H](CC(=O)CC1(CS(=O)(=O)C(C)(C)C)CCCCC1)C(C)(C)C)C2(C)C. The summed E-state index contributed by atoms with van der Waals surface area (Å²) in [7, 11) is -3.48. The molecule has 2 unspecified atom stereocenters. The van der Waals surface area contributed by atoms with Crippen LogP contribution in [-0.4, -0.2) is 65.4 Å². The fraction of sp³-hybridized carbons (Fsp3) is 0.775. The molecule has 9 heteroatoms. The van der Waals surface area contributed by atoms with Crippen molar-refractivity contribution >= 4 is 38.9 Å². The number of fused-ring (bicyclic) bond motifs is 1. The van der Waals surface area contributed by atoms with Crippen molar-refractivity contribution < 1.29 is 32.4 Å². The lowest BCUT2D eigenvalue weighted by molar-refractivity contribution is -0.148. The van der Waals surface area contributed by atoms with E-state index in [0.717, 1.165) is 19.3 Å². The number of terminal acetylenes is 2. The molecule has 272 valence electrons. The molecular formula is C40H59NO7S. The Morgan fingerprint density at radius 1 is 0.898 bits per heavy atom. The Balaban J connectivity index is 1.87. The van der Waals surface area contributed by atoms with E-state index < -0.39 is 54.9 Å². The molecule has 3 rings (SSSR count). The Labute approximate surface area is 295 Å². The third kappa shape index (κ3) is 9.32. The number of carbonyl (C=O) groups is 5. The molecule has 1 heterocycles. The van der Waals surface area contributed by atoms with Gasteiger partial charge in [-0.15, -0.1) is 24.7 Å². The van der Waals surface area contributed by atoms with Gasteiger partial charge >= 0.3 is 0 Å². The number of rotatable bonds is 16. The molecule has 0 radical (unpaired) electrons. The molecule has 2 aliphatic carbocycles. The van der Waals surface area contributed by atoms with E-state index in [1.54, 1.807) is 25.7 Å². The summed E-state index contributed by atoms with van der Waals surface area (Å²) in [4.78, 5) is 70.0. The van der Waals surface area contributed by atoms with Gasteiger partial charge in [0.05, 0.1) is 16.5 Å². The van der Waals surface area contributed by atoms with Crippen molar-refractivity contribution in [3.63, 3.8) is 0 Å². The smallest absolute Gasteiger partial charge is 0.227 e. The summed E-state index contributed by atoms with van der Waals surface area (Å²) in [5.41, 5.74) is -1.44. The molecule has 0 aromatic heterocycles. The average Bonchev–Trinajstić information content (AvgIpc) is 3.30. The van der Waals surface area contributed by atoms with E-state index in [9.17, 15) is 32.4 Å². The Morgan fingerprint density at radius 2 is 1.49 bits per heavy atom. The van der Waals surface area contributed by atoms with E-state index in [-0.39, 0.29) is 85.4 Å². The maximum Gasteiger partial charge on any atom is 0.227 e. The summed E-state index contributed by atoms with van der Waals surface area (Å²) in [5.74, 6) is 1.31. The van der Waals surface area contributed by atoms with Gasteiger partial charge in [-0.05, 0) is 68.1 Å². The first-order chi connectivity index (χ1) is 22.5. The molecule has 1 amide bonds. The highest BCUT2D eigenvalue weighted by Gasteiger charge is 2.69. The van der Waals surface area contributed by atoms with Gasteiger partial charge in [0.2, 0.25) is 11.7 Å². The topological polar surface area (TPSA) is 123 Å². The minimum Gasteiger partial charge on any atom is -0.332 e. The molecule has 0 spiro atoms. The van der Waals surface area contributed by atoms with Crippen LogP contribution in [0.5, 0.6) is 0 Å². The van der Waals surface area contributed by atoms with E-state index in [1.807, 2.05) is 20.8 Å². The zero-order valence-corrected chi connectivity index (χ0v) is 32.0. The van der Waals surface area contributed by atoms with Crippen LogP contribution in [0.3, 0.4) is 0 Å². The van der Waals surface area contributed by atoms with Gasteiger partial charge in [0.25, 0.3) is 0 Å². The zero-order chi connectivity index (χ0) is 37.2. The molecule has 49 heavy (non-hydrogen) atoms. The predicted molar refractivity (Wildman–Crippen MR) is 192 cm³/mol. The second kappa shape index (κ2) is 15.2. The van der Waals surface area contributed by atoms with Gasteiger partial charge in [-0.25, -0.2) is 8.42 Å². The number of hydrogen-bond donors (Lipinski definition) is 0. The summed E-state index contributed by atoms with van der Waals surface area (Å²) in [6.07, 6.45) is 15.1. The molecule has 0 aromatic rings. The summed E-state index contributed by atoms with van der Waals surface area (Å²) < 4.78 is 25.8. The Bertz CT molecular complexity index is 1490. The van der Waals surface area contributed by atoms with E-state index in [4.69, 9.17) is 12.8 Å². The average molecular weight is 698 g/mol. The maximum absolute atomic E-state index is 14.5. The minimum absolute atomic E-state index is 0.0389. The number of likely N-dealkylation sites (tertiary alicyclic amines) is 1. The molecule has 1 saturated heterocycles. The van der Waals surface area contributed by atoms with Crippen LogP contribution >= 0.6 is 0 Å². The van der Waals surface area contributed by atoms with Crippen LogP contribution in [0, 0.1) is 64.6 Å². The first-order valence-corrected chi connectivity index (χ1v) is 19.7. The number of carbonyl (C=O) groups excluding carboxylic acids is 5. The number of piperidine rings is 1. The van der Waals surface area contributed by atoms with Gasteiger partial charge in [0.15, 0.2) is 21.4 Å². The lowest BCUT2D eigenvalue weighted by Crippen LogP contribution is -2.51. The van der Waals surface area contributed by atoms with Crippen molar-refractivity contribution in [1.82, 2.24) is 4.90 Å². The highest BCUT2D eigenvalue weighted by molar-refractivity contribution is 7.92. The first kappa shape index (κ1) is 40.6. The van der Waals surface area contributed by atoms with E-state index in [2.05, 4.69) is 25.7 Å². The number of amides is 1. The molecular weight excluding hydrogens is 639 g/mol. The standard InChI is InChI=1S/C40H59NO7S/c1-11-13-18-27(35(45)31(43)19-14-12-2)22-32(44)34-33-30(39(33,9)10)25-41(34)36(46)29(37(3,4)5)23-28(42)24-40(20-16-15-17-21-40)26-49(47,48)38(6,7)8/h1-2,27,29-30,33-34H,13-26H2,3-10H3/t27?,29-,30?,33+,34-/m1/s1. The highest BCUT2D eigenvalue weighted by Crippen LogP contribution is 2.65. The number of sulfone groups is 1. The number of nitrogens with zero attached hydrogens (tertiary/aromatic N) is 1. The van der Waals surface area contributed by atoms with Gasteiger partial charge in [0.1, 0.15) is 5.78 Å². The minimum atomic E-state index is -3.48. The summed E-state index contributed by atoms with van der Waals surface area (Å²) in [6.45, 7) is 15.4. The van der Waals surface area contributed by atoms with E-state index >= 15 is 0 Å². The van der Waals surface area contributed by atoms with E-state index in [1.165, 1.54) is 0 Å². The van der Waals surface area contributed by atoms with Gasteiger partial charge in [-0.2, -0.15) is 0 Å². The fourth-order valence-corrected chi connectivity index (χ4v) is 9.97. The van der Waals surface area contributed by atoms with Crippen LogP contribution in [0.25, 0.3) is 0 Å². The number of ketones is 4. The van der Waals surface area contributed by atoms with Crippen molar-refractivity contribution in [2.75, 3.05) is 12.3 Å². The largest absolute Gasteiger partial charge is 0.332 e. The Kier molecular flexibility index (Phi) is 12.6. The molecule has 8 nitrogen and oxygen atoms in total. The van der Waals surface area contributed by atoms with Gasteiger partial charge in [-0.1, -0.05) is 53.9 Å². The van der Waals surface area contributed by atoms with Crippen molar-refractivity contribution in [2.45, 2.75) is 143 Å². The lowest BCUT2D eigenvalue weighted by atomic mass is 9.70. The third-order valence-corrected chi connectivity index (χ3v) is 14.6. The van der Waals surface area contributed by atoms with Gasteiger partial charge in [-0.3, -0.25) is 24.0 Å². The number of hydrogen-bond acceptors (Lipinski definition) is 7. The van der Waals surface area contributed by atoms with Gasteiger partial charge in [0, 0.05) is 56.9 Å². The lowest BCUT2D eigenvalue weighted by Gasteiger charge is -2.40.